The molecule has 204 valence electrons. The van der Waals surface area contributed by atoms with E-state index in [1.165, 1.54) is 40.7 Å². The third kappa shape index (κ3) is 3.98. The fourth-order valence-corrected chi connectivity index (χ4v) is 6.52. The van der Waals surface area contributed by atoms with Gasteiger partial charge in [-0.15, -0.1) is 0 Å². The molecule has 11 heteroatoms. The summed E-state index contributed by atoms with van der Waals surface area (Å²) in [6, 6.07) is 0. The van der Waals surface area contributed by atoms with E-state index in [0.717, 1.165) is 0 Å². The Morgan fingerprint density at radius 1 is 1.03 bits per heavy atom. The van der Waals surface area contributed by atoms with E-state index in [-0.39, 0.29) is 6.42 Å². The number of fused-ring (bicyclic) bond motifs is 1. The van der Waals surface area contributed by atoms with Gasteiger partial charge in [0.25, 0.3) is 0 Å². The monoisotopic (exact) mass is 522 g/mol. The van der Waals surface area contributed by atoms with E-state index in [0.29, 0.717) is 5.57 Å². The van der Waals surface area contributed by atoms with E-state index in [4.69, 9.17) is 23.7 Å². The van der Waals surface area contributed by atoms with Crippen LogP contribution in [0.5, 0.6) is 0 Å². The van der Waals surface area contributed by atoms with Crippen molar-refractivity contribution in [3.05, 3.63) is 23.8 Å². The lowest BCUT2D eigenvalue weighted by Gasteiger charge is -2.55. The molecule has 2 N–H and O–H groups in total. The van der Waals surface area contributed by atoms with Gasteiger partial charge in [0.2, 0.25) is 0 Å². The maximum atomic E-state index is 12.9. The first-order chi connectivity index (χ1) is 17.0. The van der Waals surface area contributed by atoms with Gasteiger partial charge in [-0.2, -0.15) is 0 Å². The highest BCUT2D eigenvalue weighted by Gasteiger charge is 2.87. The van der Waals surface area contributed by atoms with Crippen molar-refractivity contribution in [1.29, 1.82) is 0 Å². The van der Waals surface area contributed by atoms with Crippen LogP contribution < -0.4 is 0 Å². The second-order valence-electron chi connectivity index (χ2n) is 11.1. The summed E-state index contributed by atoms with van der Waals surface area (Å²) in [6.45, 7) is 9.85. The molecule has 0 saturated carbocycles. The Hall–Kier alpha value is -2.76. The van der Waals surface area contributed by atoms with E-state index >= 15 is 0 Å². The van der Waals surface area contributed by atoms with Crippen molar-refractivity contribution in [2.75, 3.05) is 0 Å². The van der Waals surface area contributed by atoms with Crippen LogP contribution in [0.3, 0.4) is 0 Å². The number of hydrogen-bond donors (Lipinski definition) is 2. The zero-order valence-corrected chi connectivity index (χ0v) is 22.0. The summed E-state index contributed by atoms with van der Waals surface area (Å²) >= 11 is 0. The second-order valence-corrected chi connectivity index (χ2v) is 11.1. The molecule has 0 aromatic carbocycles. The van der Waals surface area contributed by atoms with Crippen LogP contribution in [-0.2, 0) is 42.9 Å². The normalized spacial score (nSPS) is 47.7. The number of aliphatic hydroxyl groups is 2. The Bertz CT molecular complexity index is 1090. The number of esters is 4. The lowest BCUT2D eigenvalue weighted by molar-refractivity contribution is -0.222. The highest BCUT2D eigenvalue weighted by Crippen LogP contribution is 2.65. The SMILES string of the molecule is CC(=O)O[C@@H]1C/C(C)=C\[C@@H]2OC(=O)[C@]3(C)O[C@]23[C@@H](OC(C)=O)[C@@H]2[C@](C)(O)[C@H](OC(C)=O)C=C[C@]2(C)[C@@H]1O. The van der Waals surface area contributed by atoms with Crippen LogP contribution in [0.4, 0.5) is 0 Å². The molecule has 4 aliphatic rings. The second kappa shape index (κ2) is 8.64. The van der Waals surface area contributed by atoms with Crippen LogP contribution in [0.15, 0.2) is 23.8 Å². The average molecular weight is 523 g/mol. The fraction of sp³-hybridized carbons (Fsp3) is 0.692. The molecule has 2 saturated heterocycles. The van der Waals surface area contributed by atoms with Crippen molar-refractivity contribution in [3.63, 3.8) is 0 Å². The molecule has 0 bridgehead atoms. The summed E-state index contributed by atoms with van der Waals surface area (Å²) < 4.78 is 28.5. The maximum Gasteiger partial charge on any atom is 0.342 e. The van der Waals surface area contributed by atoms with Gasteiger partial charge in [-0.1, -0.05) is 18.6 Å². The Morgan fingerprint density at radius 3 is 2.16 bits per heavy atom. The minimum Gasteiger partial charge on any atom is -0.459 e. The molecule has 37 heavy (non-hydrogen) atoms. The topological polar surface area (TPSA) is 158 Å². The van der Waals surface area contributed by atoms with Gasteiger partial charge < -0.3 is 33.9 Å². The molecule has 1 spiro atoms. The van der Waals surface area contributed by atoms with Crippen molar-refractivity contribution < 1.29 is 53.1 Å². The smallest absolute Gasteiger partial charge is 0.342 e. The number of ether oxygens (including phenoxy) is 5. The highest BCUT2D eigenvalue weighted by molar-refractivity contribution is 5.89. The highest BCUT2D eigenvalue weighted by atomic mass is 16.7. The Labute approximate surface area is 214 Å². The predicted molar refractivity (Wildman–Crippen MR) is 125 cm³/mol. The van der Waals surface area contributed by atoms with Gasteiger partial charge >= 0.3 is 23.9 Å². The van der Waals surface area contributed by atoms with Crippen LogP contribution in [0, 0.1) is 11.3 Å². The van der Waals surface area contributed by atoms with Crippen LogP contribution in [0.1, 0.15) is 54.9 Å². The van der Waals surface area contributed by atoms with Crippen molar-refractivity contribution in [3.8, 4) is 0 Å². The Morgan fingerprint density at radius 2 is 1.62 bits per heavy atom. The largest absolute Gasteiger partial charge is 0.459 e. The van der Waals surface area contributed by atoms with E-state index in [1.54, 1.807) is 26.0 Å². The number of hydrogen-bond acceptors (Lipinski definition) is 11. The standard InChI is InChI=1S/C26H34O11/c1-12-10-16(33-13(2)27)20(30)23(5)9-8-17(34-14(3)28)24(6,32)19(23)21(35-15(4)29)26-18(11-12)36-22(31)25(26,7)37-26/h8-9,11,16-21,30,32H,10H2,1-7H3/b12-11-/t16-,17-,18+,19+,20-,21+,23+,24-,25+,26+/m1/s1. The molecule has 2 fully saturated rings. The molecule has 0 aromatic heterocycles. The molecule has 0 unspecified atom stereocenters. The molecule has 0 radical (unpaired) electrons. The molecular formula is C26H34O11. The number of rotatable bonds is 3. The molecule has 4 rings (SSSR count). The molecule has 0 aromatic rings. The maximum absolute atomic E-state index is 12.9. The fourth-order valence-electron chi connectivity index (χ4n) is 6.52. The van der Waals surface area contributed by atoms with Gasteiger partial charge in [-0.05, 0) is 32.9 Å². The van der Waals surface area contributed by atoms with Crippen LogP contribution in [-0.4, -0.2) is 81.4 Å². The van der Waals surface area contributed by atoms with E-state index in [9.17, 15) is 29.4 Å². The van der Waals surface area contributed by atoms with Crippen LogP contribution in [0.25, 0.3) is 0 Å². The van der Waals surface area contributed by atoms with E-state index in [1.807, 2.05) is 0 Å². The van der Waals surface area contributed by atoms with Crippen molar-refractivity contribution in [2.24, 2.45) is 11.3 Å². The molecule has 2 heterocycles. The molecule has 2 aliphatic carbocycles. The van der Waals surface area contributed by atoms with Crippen LogP contribution in [0.2, 0.25) is 0 Å². The van der Waals surface area contributed by atoms with Gasteiger partial charge in [-0.25, -0.2) is 4.79 Å². The average Bonchev–Trinajstić information content (AvgIpc) is 3.34. The molecule has 10 atom stereocenters. The zero-order valence-electron chi connectivity index (χ0n) is 22.0. The van der Waals surface area contributed by atoms with Gasteiger partial charge in [0.15, 0.2) is 17.3 Å². The third-order valence-electron chi connectivity index (χ3n) is 8.21. The summed E-state index contributed by atoms with van der Waals surface area (Å²) in [5.41, 5.74) is -5.78. The zero-order chi connectivity index (χ0) is 27.7. The lowest BCUT2D eigenvalue weighted by atomic mass is 9.55. The van der Waals surface area contributed by atoms with Gasteiger partial charge in [0.05, 0.1) is 0 Å². The first-order valence-electron chi connectivity index (χ1n) is 12.2. The molecule has 0 amide bonds. The van der Waals surface area contributed by atoms with Crippen molar-refractivity contribution in [1.82, 2.24) is 0 Å². The van der Waals surface area contributed by atoms with Gasteiger partial charge in [-0.3, -0.25) is 14.4 Å². The summed E-state index contributed by atoms with van der Waals surface area (Å²) in [6.07, 6.45) is -1.33. The predicted octanol–water partition coefficient (Wildman–Crippen LogP) is 0.889. The number of carbonyl (C=O) groups is 4. The first kappa shape index (κ1) is 27.3. The van der Waals surface area contributed by atoms with Crippen molar-refractivity contribution >= 4 is 23.9 Å². The van der Waals surface area contributed by atoms with E-state index in [2.05, 4.69) is 0 Å². The Kier molecular flexibility index (Phi) is 6.37. The third-order valence-corrected chi connectivity index (χ3v) is 8.21. The molecule has 2 aliphatic heterocycles. The summed E-state index contributed by atoms with van der Waals surface area (Å²) in [5, 5.41) is 23.8. The summed E-state index contributed by atoms with van der Waals surface area (Å²) in [5.74, 6) is -3.91. The van der Waals surface area contributed by atoms with Gasteiger partial charge in [0, 0.05) is 38.5 Å². The van der Waals surface area contributed by atoms with Crippen LogP contribution >= 0.6 is 0 Å². The number of epoxide rings is 1. The van der Waals surface area contributed by atoms with Crippen molar-refractivity contribution in [2.45, 2.75) is 102 Å². The number of carbonyl (C=O) groups excluding carboxylic acids is 4. The minimum absolute atomic E-state index is 0.0888. The number of aliphatic hydroxyl groups excluding tert-OH is 1. The summed E-state index contributed by atoms with van der Waals surface area (Å²) in [4.78, 5) is 49.3. The Balaban J connectivity index is 2.00. The first-order valence-corrected chi connectivity index (χ1v) is 12.2. The van der Waals surface area contributed by atoms with Gasteiger partial charge in [0.1, 0.15) is 30.0 Å². The quantitative estimate of drug-likeness (QED) is 0.235. The summed E-state index contributed by atoms with van der Waals surface area (Å²) in [7, 11) is 0. The lowest BCUT2D eigenvalue weighted by Crippen LogP contribution is -2.68. The molecular weight excluding hydrogens is 488 g/mol. The minimum atomic E-state index is -1.95. The molecule has 11 nitrogen and oxygen atoms in total. The van der Waals surface area contributed by atoms with E-state index < -0.39 is 82.5 Å².